The van der Waals surface area contributed by atoms with E-state index in [1.165, 1.54) is 13.8 Å². The number of carbonyl (C=O) groups is 1. The zero-order valence-electron chi connectivity index (χ0n) is 17.6. The Morgan fingerprint density at radius 1 is 0.824 bits per heavy atom. The fourth-order valence-corrected chi connectivity index (χ4v) is 3.93. The highest BCUT2D eigenvalue weighted by molar-refractivity contribution is 5.91. The first-order valence-electron chi connectivity index (χ1n) is 9.78. The smallest absolute Gasteiger partial charge is 0.424 e. The van der Waals surface area contributed by atoms with E-state index >= 15 is 0 Å². The normalized spacial score (nSPS) is 18.9. The lowest BCUT2D eigenvalue weighted by atomic mass is 9.96. The molecule has 0 spiro atoms. The first-order valence-corrected chi connectivity index (χ1v) is 9.78. The van der Waals surface area contributed by atoms with E-state index in [1.807, 2.05) is 0 Å². The van der Waals surface area contributed by atoms with Gasteiger partial charge >= 0.3 is 24.2 Å². The van der Waals surface area contributed by atoms with Crippen molar-refractivity contribution < 1.29 is 40.3 Å². The molecule has 1 unspecified atom stereocenters. The van der Waals surface area contributed by atoms with Gasteiger partial charge in [0.15, 0.2) is 5.76 Å². The van der Waals surface area contributed by atoms with Gasteiger partial charge in [-0.15, -0.1) is 0 Å². The van der Waals surface area contributed by atoms with Crippen molar-refractivity contribution in [1.82, 2.24) is 4.57 Å². The molecule has 1 atom stereocenters. The van der Waals surface area contributed by atoms with Gasteiger partial charge in [-0.05, 0) is 62.4 Å². The summed E-state index contributed by atoms with van der Waals surface area (Å²) >= 11 is 0. The molecule has 0 aliphatic carbocycles. The summed E-state index contributed by atoms with van der Waals surface area (Å²) in [7, 11) is 0. The minimum absolute atomic E-state index is 0.0249. The third-order valence-electron chi connectivity index (χ3n) is 5.58. The van der Waals surface area contributed by atoms with E-state index < -0.39 is 40.9 Å². The Labute approximate surface area is 188 Å². The number of carbonyl (C=O) groups excluding carboxylic acids is 1. The number of cyclic esters (lactones) is 1. The van der Waals surface area contributed by atoms with E-state index in [0.717, 1.165) is 58.0 Å². The number of rotatable bonds is 3. The molecular formula is C22H16F6N2O4. The lowest BCUT2D eigenvalue weighted by molar-refractivity contribution is -0.138. The van der Waals surface area contributed by atoms with Crippen LogP contribution in [-0.4, -0.2) is 17.3 Å². The second-order valence-corrected chi connectivity index (χ2v) is 7.87. The molecule has 4 rings (SSSR count). The van der Waals surface area contributed by atoms with Crippen LogP contribution in [0.2, 0.25) is 0 Å². The van der Waals surface area contributed by atoms with Crippen LogP contribution in [0.15, 0.2) is 57.7 Å². The average Bonchev–Trinajstić information content (AvgIpc) is 3.23. The predicted octanol–water partition coefficient (Wildman–Crippen LogP) is 5.65. The molecule has 2 aromatic carbocycles. The Hall–Kier alpha value is -3.70. The maximum Gasteiger partial charge on any atom is 0.424 e. The number of hydrogen-bond acceptors (Lipinski definition) is 4. The molecule has 1 fully saturated rings. The molecule has 180 valence electrons. The van der Waals surface area contributed by atoms with Crippen molar-refractivity contribution in [2.24, 2.45) is 0 Å². The molecule has 34 heavy (non-hydrogen) atoms. The number of halogens is 6. The molecule has 3 aromatic rings. The van der Waals surface area contributed by atoms with Gasteiger partial charge in [-0.1, -0.05) is 0 Å². The van der Waals surface area contributed by atoms with Crippen LogP contribution in [0.4, 0.5) is 36.8 Å². The SMILES string of the molecule is Cc1c(C2(C)COC(=O)N2c2ccc(C(F)(F)F)cc2)oc(=O)n1-c1ccc(C(F)(F)F)cc1. The Morgan fingerprint density at radius 3 is 1.76 bits per heavy atom. The van der Waals surface area contributed by atoms with Gasteiger partial charge in [0.1, 0.15) is 12.1 Å². The number of ether oxygens (including phenoxy) is 1. The summed E-state index contributed by atoms with van der Waals surface area (Å²) < 4.78 is 88.9. The number of amides is 1. The Bertz CT molecular complexity index is 1290. The fourth-order valence-electron chi connectivity index (χ4n) is 3.93. The van der Waals surface area contributed by atoms with Gasteiger partial charge in [-0.3, -0.25) is 4.90 Å². The van der Waals surface area contributed by atoms with E-state index in [1.54, 1.807) is 0 Å². The quantitative estimate of drug-likeness (QED) is 0.449. The molecule has 12 heteroatoms. The second kappa shape index (κ2) is 7.67. The van der Waals surface area contributed by atoms with E-state index in [-0.39, 0.29) is 29.4 Å². The van der Waals surface area contributed by atoms with Crippen LogP contribution in [0.5, 0.6) is 0 Å². The number of aromatic nitrogens is 1. The first-order chi connectivity index (χ1) is 15.7. The third-order valence-corrected chi connectivity index (χ3v) is 5.58. The Balaban J connectivity index is 1.76. The topological polar surface area (TPSA) is 64.7 Å². The molecule has 0 bridgehead atoms. The molecule has 1 saturated heterocycles. The van der Waals surface area contributed by atoms with E-state index in [2.05, 4.69) is 0 Å². The summed E-state index contributed by atoms with van der Waals surface area (Å²) in [5, 5.41) is 0. The summed E-state index contributed by atoms with van der Waals surface area (Å²) in [5.41, 5.74) is -2.88. The van der Waals surface area contributed by atoms with Crippen LogP contribution < -0.4 is 10.7 Å². The van der Waals surface area contributed by atoms with Gasteiger partial charge in [0.05, 0.1) is 22.5 Å². The molecule has 1 amide bonds. The lowest BCUT2D eigenvalue weighted by Crippen LogP contribution is -2.42. The lowest BCUT2D eigenvalue weighted by Gasteiger charge is -2.30. The maximum absolute atomic E-state index is 12.9. The van der Waals surface area contributed by atoms with Crippen molar-refractivity contribution in [3.8, 4) is 5.69 Å². The molecule has 0 radical (unpaired) electrons. The second-order valence-electron chi connectivity index (χ2n) is 7.87. The summed E-state index contributed by atoms with van der Waals surface area (Å²) in [6.07, 6.45) is -10.0. The third kappa shape index (κ3) is 3.82. The minimum atomic E-state index is -4.57. The van der Waals surface area contributed by atoms with Crippen molar-refractivity contribution in [3.05, 3.63) is 81.7 Å². The number of anilines is 1. The van der Waals surface area contributed by atoms with E-state index in [4.69, 9.17) is 9.15 Å². The maximum atomic E-state index is 12.9. The van der Waals surface area contributed by atoms with Gasteiger partial charge in [0.25, 0.3) is 0 Å². The first kappa shape index (κ1) is 23.5. The standard InChI is InChI=1S/C22H16F6N2O4/c1-12-17(34-18(31)29(12)15-7-3-13(4-8-15)21(23,24)25)20(2)11-33-19(32)30(20)16-9-5-14(6-10-16)22(26,27)28/h3-10H,11H2,1-2H3. The predicted molar refractivity (Wildman–Crippen MR) is 107 cm³/mol. The summed E-state index contributed by atoms with van der Waals surface area (Å²) in [6.45, 7) is 2.68. The zero-order chi connectivity index (χ0) is 25.1. The molecule has 0 saturated carbocycles. The fraction of sp³-hybridized carbons (Fsp3) is 0.273. The Kier molecular flexibility index (Phi) is 5.29. The minimum Gasteiger partial charge on any atom is -0.446 e. The monoisotopic (exact) mass is 486 g/mol. The van der Waals surface area contributed by atoms with Crippen molar-refractivity contribution in [2.45, 2.75) is 31.7 Å². The molecule has 0 N–H and O–H groups in total. The highest BCUT2D eigenvalue weighted by Gasteiger charge is 2.50. The molecule has 1 aliphatic rings. The van der Waals surface area contributed by atoms with E-state index in [9.17, 15) is 35.9 Å². The average molecular weight is 486 g/mol. The molecule has 1 aliphatic heterocycles. The van der Waals surface area contributed by atoms with Gasteiger partial charge in [-0.25, -0.2) is 14.2 Å². The van der Waals surface area contributed by atoms with Crippen LogP contribution in [-0.2, 0) is 22.6 Å². The number of alkyl halides is 6. The highest BCUT2D eigenvalue weighted by Crippen LogP contribution is 2.41. The van der Waals surface area contributed by atoms with Crippen LogP contribution >= 0.6 is 0 Å². The molecule has 1 aromatic heterocycles. The van der Waals surface area contributed by atoms with Gasteiger partial charge in [-0.2, -0.15) is 26.3 Å². The zero-order valence-corrected chi connectivity index (χ0v) is 17.6. The summed E-state index contributed by atoms with van der Waals surface area (Å²) in [5.74, 6) is -0.941. The van der Waals surface area contributed by atoms with Crippen molar-refractivity contribution in [2.75, 3.05) is 11.5 Å². The number of nitrogens with zero attached hydrogens (tertiary/aromatic N) is 2. The molecule has 6 nitrogen and oxygen atoms in total. The van der Waals surface area contributed by atoms with Crippen LogP contribution in [0.25, 0.3) is 5.69 Å². The van der Waals surface area contributed by atoms with Crippen molar-refractivity contribution in [1.29, 1.82) is 0 Å². The van der Waals surface area contributed by atoms with Crippen LogP contribution in [0, 0.1) is 6.92 Å². The number of hydrogen-bond donors (Lipinski definition) is 0. The highest BCUT2D eigenvalue weighted by atomic mass is 19.4. The van der Waals surface area contributed by atoms with Crippen LogP contribution in [0.3, 0.4) is 0 Å². The Morgan fingerprint density at radius 2 is 1.29 bits per heavy atom. The van der Waals surface area contributed by atoms with Crippen molar-refractivity contribution >= 4 is 11.8 Å². The van der Waals surface area contributed by atoms with Gasteiger partial charge < -0.3 is 9.15 Å². The molecule has 2 heterocycles. The van der Waals surface area contributed by atoms with E-state index in [0.29, 0.717) is 0 Å². The van der Waals surface area contributed by atoms with Gasteiger partial charge in [0.2, 0.25) is 0 Å². The summed E-state index contributed by atoms with van der Waals surface area (Å²) in [4.78, 5) is 26.2. The largest absolute Gasteiger partial charge is 0.446 e. The molecular weight excluding hydrogens is 470 g/mol. The number of benzene rings is 2. The van der Waals surface area contributed by atoms with Gasteiger partial charge in [0, 0.05) is 5.69 Å². The van der Waals surface area contributed by atoms with Crippen molar-refractivity contribution in [3.63, 3.8) is 0 Å². The van der Waals surface area contributed by atoms with Crippen LogP contribution in [0.1, 0.15) is 29.5 Å². The number of oxazole rings is 1. The summed E-state index contributed by atoms with van der Waals surface area (Å²) in [6, 6.07) is 7.61.